The molecule has 2 rings (SSSR count). The predicted molar refractivity (Wildman–Crippen MR) is 69.6 cm³/mol. The zero-order chi connectivity index (χ0) is 12.3. The maximum atomic E-state index is 5.29. The molecule has 0 aromatic carbocycles. The molecule has 1 aliphatic heterocycles. The van der Waals surface area contributed by atoms with Crippen LogP contribution < -0.4 is 10.2 Å². The summed E-state index contributed by atoms with van der Waals surface area (Å²) in [4.78, 5) is 6.93. The Morgan fingerprint density at radius 1 is 1.53 bits per heavy atom. The summed E-state index contributed by atoms with van der Waals surface area (Å²) >= 11 is 0. The van der Waals surface area contributed by atoms with E-state index in [-0.39, 0.29) is 0 Å². The highest BCUT2D eigenvalue weighted by Crippen LogP contribution is 2.21. The Bertz CT molecular complexity index is 379. The minimum absolute atomic E-state index is 0.377. The minimum Gasteiger partial charge on any atom is -0.383 e. The van der Waals surface area contributed by atoms with Crippen LogP contribution in [0.5, 0.6) is 0 Å². The third-order valence-corrected chi connectivity index (χ3v) is 3.17. The Hall–Kier alpha value is -1.13. The van der Waals surface area contributed by atoms with Gasteiger partial charge in [0.05, 0.1) is 12.6 Å². The van der Waals surface area contributed by atoms with Gasteiger partial charge in [-0.3, -0.25) is 0 Å². The number of ether oxygens (including phenoxy) is 1. The Morgan fingerprint density at radius 3 is 3.06 bits per heavy atom. The van der Waals surface area contributed by atoms with Crippen LogP contribution in [0.3, 0.4) is 0 Å². The van der Waals surface area contributed by atoms with Crippen LogP contribution >= 0.6 is 0 Å². The molecule has 1 unspecified atom stereocenters. The van der Waals surface area contributed by atoms with Crippen LogP contribution in [0.1, 0.15) is 11.1 Å². The van der Waals surface area contributed by atoms with Gasteiger partial charge < -0.3 is 15.0 Å². The van der Waals surface area contributed by atoms with E-state index in [2.05, 4.69) is 35.1 Å². The van der Waals surface area contributed by atoms with Gasteiger partial charge in [-0.1, -0.05) is 6.07 Å². The summed E-state index contributed by atoms with van der Waals surface area (Å²) in [6.07, 6.45) is 1.94. The fourth-order valence-electron chi connectivity index (χ4n) is 2.39. The number of pyridine rings is 1. The number of nitrogens with zero attached hydrogens (tertiary/aromatic N) is 2. The second-order valence-corrected chi connectivity index (χ2v) is 4.66. The van der Waals surface area contributed by atoms with E-state index < -0.39 is 0 Å². The Labute approximate surface area is 103 Å². The molecule has 94 valence electrons. The standard InChI is InChI=1S/C13H21N3O/c1-10-6-11(2)13(15-7-10)16-5-4-14-8-12(16)9-17-3/h6-7,12,14H,4-5,8-9H2,1-3H3. The van der Waals surface area contributed by atoms with Crippen molar-refractivity contribution in [1.29, 1.82) is 0 Å². The number of anilines is 1. The zero-order valence-corrected chi connectivity index (χ0v) is 10.9. The van der Waals surface area contributed by atoms with Gasteiger partial charge in [0.1, 0.15) is 5.82 Å². The van der Waals surface area contributed by atoms with Gasteiger partial charge in [0, 0.05) is 32.9 Å². The van der Waals surface area contributed by atoms with Crippen LogP contribution in [0, 0.1) is 13.8 Å². The van der Waals surface area contributed by atoms with Gasteiger partial charge in [0.15, 0.2) is 0 Å². The summed E-state index contributed by atoms with van der Waals surface area (Å²) in [5.41, 5.74) is 2.46. The van der Waals surface area contributed by atoms with E-state index in [0.717, 1.165) is 32.1 Å². The molecule has 17 heavy (non-hydrogen) atoms. The van der Waals surface area contributed by atoms with Crippen molar-refractivity contribution in [3.8, 4) is 0 Å². The molecule has 0 spiro atoms. The summed E-state index contributed by atoms with van der Waals surface area (Å²) in [7, 11) is 1.75. The molecular weight excluding hydrogens is 214 g/mol. The van der Waals surface area contributed by atoms with Gasteiger partial charge in [0.25, 0.3) is 0 Å². The lowest BCUT2D eigenvalue weighted by molar-refractivity contribution is 0.170. The number of piperazine rings is 1. The fraction of sp³-hybridized carbons (Fsp3) is 0.615. The van der Waals surface area contributed by atoms with Gasteiger partial charge in [-0.25, -0.2) is 4.98 Å². The molecule has 1 saturated heterocycles. The number of rotatable bonds is 3. The van der Waals surface area contributed by atoms with E-state index in [0.29, 0.717) is 6.04 Å². The molecule has 4 heteroatoms. The number of aromatic nitrogens is 1. The molecule has 1 aromatic heterocycles. The molecule has 0 amide bonds. The monoisotopic (exact) mass is 235 g/mol. The summed E-state index contributed by atoms with van der Waals surface area (Å²) in [6, 6.07) is 2.57. The average molecular weight is 235 g/mol. The largest absolute Gasteiger partial charge is 0.383 e. The van der Waals surface area contributed by atoms with Crippen LogP contribution in [0.4, 0.5) is 5.82 Å². The Morgan fingerprint density at radius 2 is 2.35 bits per heavy atom. The van der Waals surface area contributed by atoms with Gasteiger partial charge in [0.2, 0.25) is 0 Å². The molecule has 0 saturated carbocycles. The molecule has 0 aliphatic carbocycles. The zero-order valence-electron chi connectivity index (χ0n) is 10.9. The van der Waals surface area contributed by atoms with Crippen molar-refractivity contribution in [2.75, 3.05) is 38.3 Å². The van der Waals surface area contributed by atoms with Crippen LogP contribution in [0.2, 0.25) is 0 Å². The van der Waals surface area contributed by atoms with Crippen molar-refractivity contribution >= 4 is 5.82 Å². The van der Waals surface area contributed by atoms with Gasteiger partial charge >= 0.3 is 0 Å². The molecule has 1 aliphatic rings. The first-order chi connectivity index (χ1) is 8.22. The fourth-order valence-corrected chi connectivity index (χ4v) is 2.39. The van der Waals surface area contributed by atoms with Crippen LogP contribution in [0.15, 0.2) is 12.3 Å². The topological polar surface area (TPSA) is 37.4 Å². The van der Waals surface area contributed by atoms with Crippen molar-refractivity contribution in [1.82, 2.24) is 10.3 Å². The highest BCUT2D eigenvalue weighted by atomic mass is 16.5. The lowest BCUT2D eigenvalue weighted by Crippen LogP contribution is -2.53. The molecule has 1 N–H and O–H groups in total. The molecule has 0 radical (unpaired) electrons. The SMILES string of the molecule is COCC1CNCCN1c1ncc(C)cc1C. The average Bonchev–Trinajstić information content (AvgIpc) is 2.31. The quantitative estimate of drug-likeness (QED) is 0.852. The predicted octanol–water partition coefficient (Wildman–Crippen LogP) is 1.12. The molecule has 2 heterocycles. The van der Waals surface area contributed by atoms with Crippen molar-refractivity contribution < 1.29 is 4.74 Å². The van der Waals surface area contributed by atoms with Crippen molar-refractivity contribution in [2.45, 2.75) is 19.9 Å². The number of nitrogens with one attached hydrogen (secondary N) is 1. The Kier molecular flexibility index (Phi) is 3.97. The van der Waals surface area contributed by atoms with E-state index in [4.69, 9.17) is 4.74 Å². The van der Waals surface area contributed by atoms with E-state index in [9.17, 15) is 0 Å². The second kappa shape index (κ2) is 5.47. The molecule has 1 atom stereocenters. The number of methoxy groups -OCH3 is 1. The van der Waals surface area contributed by atoms with E-state index in [1.54, 1.807) is 7.11 Å². The van der Waals surface area contributed by atoms with E-state index in [1.165, 1.54) is 11.1 Å². The van der Waals surface area contributed by atoms with E-state index >= 15 is 0 Å². The Balaban J connectivity index is 2.23. The minimum atomic E-state index is 0.377. The molecule has 0 bridgehead atoms. The van der Waals surface area contributed by atoms with Crippen molar-refractivity contribution in [3.63, 3.8) is 0 Å². The van der Waals surface area contributed by atoms with Crippen molar-refractivity contribution in [3.05, 3.63) is 23.4 Å². The highest BCUT2D eigenvalue weighted by molar-refractivity contribution is 5.48. The highest BCUT2D eigenvalue weighted by Gasteiger charge is 2.24. The summed E-state index contributed by atoms with van der Waals surface area (Å²) in [5.74, 6) is 1.10. The molecule has 4 nitrogen and oxygen atoms in total. The maximum Gasteiger partial charge on any atom is 0.131 e. The van der Waals surface area contributed by atoms with E-state index in [1.807, 2.05) is 6.20 Å². The summed E-state index contributed by atoms with van der Waals surface area (Å²) < 4.78 is 5.29. The molecule has 1 aromatic rings. The first kappa shape index (κ1) is 12.3. The molecule has 1 fully saturated rings. The van der Waals surface area contributed by atoms with Crippen LogP contribution in [0.25, 0.3) is 0 Å². The normalized spacial score (nSPS) is 20.6. The van der Waals surface area contributed by atoms with Crippen molar-refractivity contribution in [2.24, 2.45) is 0 Å². The summed E-state index contributed by atoms with van der Waals surface area (Å²) in [6.45, 7) is 7.90. The lowest BCUT2D eigenvalue weighted by atomic mass is 10.1. The number of hydrogen-bond acceptors (Lipinski definition) is 4. The lowest BCUT2D eigenvalue weighted by Gasteiger charge is -2.37. The summed E-state index contributed by atoms with van der Waals surface area (Å²) in [5, 5.41) is 3.40. The first-order valence-corrected chi connectivity index (χ1v) is 6.12. The molecular formula is C13H21N3O. The third-order valence-electron chi connectivity index (χ3n) is 3.17. The maximum absolute atomic E-state index is 5.29. The van der Waals surface area contributed by atoms with Gasteiger partial charge in [-0.2, -0.15) is 0 Å². The van der Waals surface area contributed by atoms with Gasteiger partial charge in [-0.15, -0.1) is 0 Å². The smallest absolute Gasteiger partial charge is 0.131 e. The second-order valence-electron chi connectivity index (χ2n) is 4.66. The first-order valence-electron chi connectivity index (χ1n) is 6.12. The van der Waals surface area contributed by atoms with Crippen LogP contribution in [-0.4, -0.2) is 44.4 Å². The third kappa shape index (κ3) is 2.76. The number of hydrogen-bond donors (Lipinski definition) is 1. The van der Waals surface area contributed by atoms with Gasteiger partial charge in [-0.05, 0) is 25.0 Å². The number of aryl methyl sites for hydroxylation is 2. The van der Waals surface area contributed by atoms with Crippen LogP contribution in [-0.2, 0) is 4.74 Å².